The first-order valence-electron chi connectivity index (χ1n) is 3.43. The quantitative estimate of drug-likeness (QED) is 0.592. The minimum Gasteiger partial charge on any atom is -0.478 e. The number of aliphatic carboxylic acids is 1. The number of carbonyl (C=O) groups is 1. The summed E-state index contributed by atoms with van der Waals surface area (Å²) in [5, 5.41) is 8.27. The summed E-state index contributed by atoms with van der Waals surface area (Å²) in [7, 11) is 0. The normalized spacial score (nSPS) is 28.8. The fourth-order valence-electron chi connectivity index (χ4n) is 1.03. The maximum absolute atomic E-state index is 10.1. The summed E-state index contributed by atoms with van der Waals surface area (Å²) in [6.45, 7) is 4.29. The molecule has 2 heteroatoms. The van der Waals surface area contributed by atoms with Gasteiger partial charge in [-0.2, -0.15) is 0 Å². The molecule has 1 unspecified atom stereocenters. The molecule has 1 aliphatic rings. The van der Waals surface area contributed by atoms with Crippen molar-refractivity contribution in [3.63, 3.8) is 0 Å². The monoisotopic (exact) mass is 140 g/mol. The molecule has 1 rings (SSSR count). The fraction of sp³-hybridized carbons (Fsp3) is 0.625. The van der Waals surface area contributed by atoms with E-state index in [2.05, 4.69) is 13.8 Å². The average molecular weight is 140 g/mol. The highest BCUT2D eigenvalue weighted by Crippen LogP contribution is 2.52. The summed E-state index contributed by atoms with van der Waals surface area (Å²) in [4.78, 5) is 10.1. The Kier molecular flexibility index (Phi) is 1.55. The maximum atomic E-state index is 10.1. The molecule has 0 spiro atoms. The largest absolute Gasteiger partial charge is 0.478 e. The molecule has 56 valence electrons. The van der Waals surface area contributed by atoms with E-state index in [9.17, 15) is 4.79 Å². The van der Waals surface area contributed by atoms with E-state index in [0.29, 0.717) is 11.3 Å². The van der Waals surface area contributed by atoms with Crippen molar-refractivity contribution in [1.82, 2.24) is 0 Å². The Balaban J connectivity index is 2.37. The maximum Gasteiger partial charge on any atom is 0.327 e. The van der Waals surface area contributed by atoms with Crippen LogP contribution in [0.2, 0.25) is 0 Å². The van der Waals surface area contributed by atoms with Gasteiger partial charge in [0, 0.05) is 6.08 Å². The van der Waals surface area contributed by atoms with Crippen LogP contribution in [-0.4, -0.2) is 11.1 Å². The molecule has 1 N–H and O–H groups in total. The SMILES string of the molecule is CC1(C)CC1C=CC(=O)O. The van der Waals surface area contributed by atoms with Crippen LogP contribution < -0.4 is 0 Å². The van der Waals surface area contributed by atoms with Crippen LogP contribution in [0.5, 0.6) is 0 Å². The van der Waals surface area contributed by atoms with Gasteiger partial charge in [0.1, 0.15) is 0 Å². The zero-order valence-electron chi connectivity index (χ0n) is 6.29. The van der Waals surface area contributed by atoms with Gasteiger partial charge in [-0.1, -0.05) is 19.9 Å². The van der Waals surface area contributed by atoms with Crippen molar-refractivity contribution < 1.29 is 9.90 Å². The highest BCUT2D eigenvalue weighted by molar-refractivity contribution is 5.79. The van der Waals surface area contributed by atoms with E-state index in [-0.39, 0.29) is 0 Å². The number of carboxylic acid groups (broad SMARTS) is 1. The lowest BCUT2D eigenvalue weighted by Gasteiger charge is -1.94. The van der Waals surface area contributed by atoms with Crippen LogP contribution in [-0.2, 0) is 4.79 Å². The van der Waals surface area contributed by atoms with E-state index in [4.69, 9.17) is 5.11 Å². The summed E-state index contributed by atoms with van der Waals surface area (Å²) in [6.07, 6.45) is 4.14. The van der Waals surface area contributed by atoms with Gasteiger partial charge in [-0.05, 0) is 17.8 Å². The first-order valence-corrected chi connectivity index (χ1v) is 3.43. The summed E-state index contributed by atoms with van der Waals surface area (Å²) in [6, 6.07) is 0. The van der Waals surface area contributed by atoms with E-state index in [1.54, 1.807) is 6.08 Å². The Hall–Kier alpha value is -0.790. The predicted molar refractivity (Wildman–Crippen MR) is 38.7 cm³/mol. The molecular formula is C8H12O2. The summed E-state index contributed by atoms with van der Waals surface area (Å²) < 4.78 is 0. The zero-order valence-corrected chi connectivity index (χ0v) is 6.29. The summed E-state index contributed by atoms with van der Waals surface area (Å²) in [5.74, 6) is -0.355. The van der Waals surface area contributed by atoms with E-state index in [1.165, 1.54) is 6.08 Å². The molecule has 0 aromatic heterocycles. The van der Waals surface area contributed by atoms with Crippen molar-refractivity contribution in [3.05, 3.63) is 12.2 Å². The van der Waals surface area contributed by atoms with Crippen LogP contribution in [0.3, 0.4) is 0 Å². The van der Waals surface area contributed by atoms with Gasteiger partial charge in [0.25, 0.3) is 0 Å². The molecule has 1 aliphatic carbocycles. The topological polar surface area (TPSA) is 37.3 Å². The number of hydrogen-bond acceptors (Lipinski definition) is 1. The molecule has 0 bridgehead atoms. The molecule has 0 aliphatic heterocycles. The summed E-state index contributed by atoms with van der Waals surface area (Å²) in [5.41, 5.74) is 0.353. The molecule has 1 atom stereocenters. The van der Waals surface area contributed by atoms with Gasteiger partial charge >= 0.3 is 5.97 Å². The molecule has 1 saturated carbocycles. The number of carboxylic acids is 1. The second-order valence-corrected chi connectivity index (χ2v) is 3.50. The van der Waals surface area contributed by atoms with Gasteiger partial charge in [-0.3, -0.25) is 0 Å². The molecule has 1 fully saturated rings. The highest BCUT2D eigenvalue weighted by Gasteiger charge is 2.43. The van der Waals surface area contributed by atoms with Gasteiger partial charge in [0.2, 0.25) is 0 Å². The van der Waals surface area contributed by atoms with Crippen LogP contribution in [0.25, 0.3) is 0 Å². The van der Waals surface area contributed by atoms with Crippen LogP contribution in [0.1, 0.15) is 20.3 Å². The Morgan fingerprint density at radius 3 is 2.50 bits per heavy atom. The molecule has 0 aromatic carbocycles. The second kappa shape index (κ2) is 2.11. The van der Waals surface area contributed by atoms with E-state index in [0.717, 1.165) is 6.42 Å². The van der Waals surface area contributed by atoms with E-state index >= 15 is 0 Å². The third-order valence-corrected chi connectivity index (χ3v) is 2.06. The zero-order chi connectivity index (χ0) is 7.78. The Morgan fingerprint density at radius 2 is 2.20 bits per heavy atom. The third-order valence-electron chi connectivity index (χ3n) is 2.06. The Labute approximate surface area is 60.6 Å². The van der Waals surface area contributed by atoms with Gasteiger partial charge < -0.3 is 5.11 Å². The van der Waals surface area contributed by atoms with Crippen LogP contribution in [0.4, 0.5) is 0 Å². The molecule has 10 heavy (non-hydrogen) atoms. The molecular weight excluding hydrogens is 128 g/mol. The average Bonchev–Trinajstić information content (AvgIpc) is 2.35. The molecule has 0 aromatic rings. The van der Waals surface area contributed by atoms with Crippen LogP contribution in [0.15, 0.2) is 12.2 Å². The minimum atomic E-state index is -0.845. The molecule has 0 radical (unpaired) electrons. The van der Waals surface area contributed by atoms with Gasteiger partial charge in [0.05, 0.1) is 0 Å². The van der Waals surface area contributed by atoms with Crippen molar-refractivity contribution in [2.24, 2.45) is 11.3 Å². The number of rotatable bonds is 2. The fourth-order valence-corrected chi connectivity index (χ4v) is 1.03. The molecule has 2 nitrogen and oxygen atoms in total. The van der Waals surface area contributed by atoms with Crippen molar-refractivity contribution in [3.8, 4) is 0 Å². The number of hydrogen-bond donors (Lipinski definition) is 1. The van der Waals surface area contributed by atoms with Crippen molar-refractivity contribution in [2.45, 2.75) is 20.3 Å². The van der Waals surface area contributed by atoms with E-state index < -0.39 is 5.97 Å². The predicted octanol–water partition coefficient (Wildman–Crippen LogP) is 1.67. The van der Waals surface area contributed by atoms with E-state index in [1.807, 2.05) is 0 Å². The molecule has 0 amide bonds. The van der Waals surface area contributed by atoms with Crippen LogP contribution in [0, 0.1) is 11.3 Å². The molecule has 0 heterocycles. The van der Waals surface area contributed by atoms with Gasteiger partial charge in [0.15, 0.2) is 0 Å². The Morgan fingerprint density at radius 1 is 1.70 bits per heavy atom. The van der Waals surface area contributed by atoms with Crippen molar-refractivity contribution >= 4 is 5.97 Å². The minimum absolute atomic E-state index is 0.353. The first kappa shape index (κ1) is 7.32. The first-order chi connectivity index (χ1) is 4.52. The highest BCUT2D eigenvalue weighted by atomic mass is 16.4. The van der Waals surface area contributed by atoms with Gasteiger partial charge in [-0.25, -0.2) is 4.79 Å². The summed E-state index contributed by atoms with van der Waals surface area (Å²) >= 11 is 0. The van der Waals surface area contributed by atoms with Crippen molar-refractivity contribution in [1.29, 1.82) is 0 Å². The lowest BCUT2D eigenvalue weighted by atomic mass is 10.1. The van der Waals surface area contributed by atoms with Gasteiger partial charge in [-0.15, -0.1) is 0 Å². The third kappa shape index (κ3) is 1.59. The lowest BCUT2D eigenvalue weighted by Crippen LogP contribution is -1.89. The molecule has 0 saturated heterocycles. The lowest BCUT2D eigenvalue weighted by molar-refractivity contribution is -0.131. The van der Waals surface area contributed by atoms with Crippen molar-refractivity contribution in [2.75, 3.05) is 0 Å². The second-order valence-electron chi connectivity index (χ2n) is 3.50. The smallest absolute Gasteiger partial charge is 0.327 e. The Bertz CT molecular complexity index is 180. The standard InChI is InChI=1S/C8H12O2/c1-8(2)5-6(8)3-4-7(9)10/h3-4,6H,5H2,1-2H3,(H,9,10). The van der Waals surface area contributed by atoms with Crippen LogP contribution >= 0.6 is 0 Å². The number of allylic oxidation sites excluding steroid dienone is 1.